The smallest absolute Gasteiger partial charge is 0.429 e. The molecule has 2 aliphatic rings. The molecule has 0 spiro atoms. The molecule has 0 radical (unpaired) electrons. The number of aromatic nitrogens is 2. The lowest BCUT2D eigenvalue weighted by atomic mass is 9.79. The molecule has 4 aromatic carbocycles. The van der Waals surface area contributed by atoms with Gasteiger partial charge in [-0.1, -0.05) is 63.3 Å². The first-order valence-electron chi connectivity index (χ1n) is 23.9. The van der Waals surface area contributed by atoms with Gasteiger partial charge in [-0.2, -0.15) is 17.6 Å². The van der Waals surface area contributed by atoms with Gasteiger partial charge in [0, 0.05) is 42.2 Å². The molecule has 2 aromatic heterocycles. The maximum Gasteiger partial charge on any atom is 0.488 e. The van der Waals surface area contributed by atoms with Gasteiger partial charge in [-0.05, 0) is 114 Å². The molecule has 416 valence electrons. The molecule has 0 aliphatic heterocycles. The van der Waals surface area contributed by atoms with Gasteiger partial charge in [-0.25, -0.2) is 57.7 Å². The van der Waals surface area contributed by atoms with Crippen LogP contribution in [0.15, 0.2) is 85.2 Å². The van der Waals surface area contributed by atoms with Gasteiger partial charge < -0.3 is 19.5 Å². The third-order valence-corrected chi connectivity index (χ3v) is 12.8. The van der Waals surface area contributed by atoms with Crippen molar-refractivity contribution in [2.24, 2.45) is 11.8 Å². The van der Waals surface area contributed by atoms with Crippen LogP contribution in [-0.4, -0.2) is 27.1 Å². The average molecular weight is 1140 g/mol. The maximum atomic E-state index is 14.9. The standard InChI is InChI=1S/C27H21F8NO.C14H17ClFN.C13H6BF7O3/c1-2-3-14-4-6-15(7-5-14)17-10-23(32)26(36-13-17)16-8-19(28)24(20(29)9-16)27(34,35)37-18-11-21(30)25(33)22(31)12-18;1-2-3-10-4-6-11(7-5-10)12-8-13(16)14(15)17-9-12;15-7-1-5(14(22)23)2-8(16)11(7)13(20,21)24-6-3-9(17)12(19)10(18)4-6/h6,8-14H,2-5,7H2,1H3;6,8-10H,2-5,7H2,1H3;1-4,22-23H. The molecule has 0 amide bonds. The molecule has 2 heterocycles. The molecule has 2 N–H and O–H groups in total. The summed E-state index contributed by atoms with van der Waals surface area (Å²) in [6.45, 7) is 4.33. The number of alkyl halides is 4. The zero-order valence-corrected chi connectivity index (χ0v) is 41.7. The predicted molar refractivity (Wildman–Crippen MR) is 257 cm³/mol. The highest BCUT2D eigenvalue weighted by molar-refractivity contribution is 6.58. The first-order valence-corrected chi connectivity index (χ1v) is 24.2. The zero-order chi connectivity index (χ0) is 57.4. The Morgan fingerprint density at radius 2 is 0.885 bits per heavy atom. The molecule has 0 bridgehead atoms. The normalized spacial score (nSPS) is 15.6. The van der Waals surface area contributed by atoms with E-state index < -0.39 is 128 Å². The van der Waals surface area contributed by atoms with E-state index in [0.717, 1.165) is 62.0 Å². The molecule has 78 heavy (non-hydrogen) atoms. The summed E-state index contributed by atoms with van der Waals surface area (Å²) in [6, 6.07) is 4.31. The van der Waals surface area contributed by atoms with Crippen molar-refractivity contribution in [2.45, 2.75) is 90.3 Å². The van der Waals surface area contributed by atoms with Crippen LogP contribution in [0, 0.1) is 81.6 Å². The Bertz CT molecular complexity index is 3110. The van der Waals surface area contributed by atoms with Crippen LogP contribution >= 0.6 is 11.6 Å². The van der Waals surface area contributed by atoms with Crippen LogP contribution in [0.4, 0.5) is 70.2 Å². The predicted octanol–water partition coefficient (Wildman–Crippen LogP) is 15.7. The summed E-state index contributed by atoms with van der Waals surface area (Å²) in [5.74, 6) is -21.0. The monoisotopic (exact) mass is 1130 g/mol. The largest absolute Gasteiger partial charge is 0.488 e. The minimum absolute atomic E-state index is 0.0472. The van der Waals surface area contributed by atoms with Gasteiger partial charge in [-0.3, -0.25) is 4.98 Å². The Hall–Kier alpha value is -6.59. The molecule has 6 aromatic rings. The summed E-state index contributed by atoms with van der Waals surface area (Å²) in [5.41, 5.74) is -1.95. The molecule has 2 aliphatic carbocycles. The van der Waals surface area contributed by atoms with Crippen LogP contribution in [-0.2, 0) is 12.2 Å². The molecule has 6 nitrogen and oxygen atoms in total. The lowest BCUT2D eigenvalue weighted by Crippen LogP contribution is -2.33. The number of hydrogen-bond acceptors (Lipinski definition) is 6. The number of ether oxygens (including phenoxy) is 2. The van der Waals surface area contributed by atoms with E-state index in [1.165, 1.54) is 43.2 Å². The van der Waals surface area contributed by atoms with E-state index in [9.17, 15) is 70.2 Å². The lowest BCUT2D eigenvalue weighted by Gasteiger charge is -2.22. The minimum atomic E-state index is -4.75. The Kier molecular flexibility index (Phi) is 20.1. The quantitative estimate of drug-likeness (QED) is 0.0489. The van der Waals surface area contributed by atoms with Gasteiger partial charge in [0.1, 0.15) is 57.4 Å². The van der Waals surface area contributed by atoms with Crippen molar-refractivity contribution in [3.63, 3.8) is 0 Å². The number of allylic oxidation sites excluding steroid dienone is 4. The van der Waals surface area contributed by atoms with Gasteiger partial charge >= 0.3 is 19.3 Å². The second-order valence-electron chi connectivity index (χ2n) is 18.1. The Morgan fingerprint density at radius 1 is 0.513 bits per heavy atom. The van der Waals surface area contributed by atoms with Crippen LogP contribution in [0.25, 0.3) is 22.4 Å². The van der Waals surface area contributed by atoms with E-state index in [0.29, 0.717) is 23.6 Å². The fourth-order valence-electron chi connectivity index (χ4n) is 8.65. The molecular weight excluding hydrogens is 1090 g/mol. The first-order chi connectivity index (χ1) is 36.7. The summed E-state index contributed by atoms with van der Waals surface area (Å²) in [4.78, 5) is 7.82. The number of rotatable bonds is 14. The van der Waals surface area contributed by atoms with Crippen molar-refractivity contribution in [1.29, 1.82) is 0 Å². The van der Waals surface area contributed by atoms with Crippen molar-refractivity contribution < 1.29 is 89.8 Å². The van der Waals surface area contributed by atoms with E-state index in [-0.39, 0.29) is 41.6 Å². The summed E-state index contributed by atoms with van der Waals surface area (Å²) < 4.78 is 228. The van der Waals surface area contributed by atoms with Crippen LogP contribution in [0.1, 0.15) is 100 Å². The number of pyridine rings is 2. The molecule has 0 saturated carbocycles. The van der Waals surface area contributed by atoms with Gasteiger partial charge in [0.15, 0.2) is 45.9 Å². The highest BCUT2D eigenvalue weighted by Crippen LogP contribution is 2.40. The molecule has 8 rings (SSSR count). The van der Waals surface area contributed by atoms with Crippen molar-refractivity contribution in [3.05, 3.63) is 182 Å². The van der Waals surface area contributed by atoms with Crippen molar-refractivity contribution in [1.82, 2.24) is 9.97 Å². The van der Waals surface area contributed by atoms with Crippen LogP contribution in [0.2, 0.25) is 5.15 Å². The third-order valence-electron chi connectivity index (χ3n) is 12.5. The van der Waals surface area contributed by atoms with E-state index >= 15 is 0 Å². The van der Waals surface area contributed by atoms with Gasteiger partial charge in [0.2, 0.25) is 0 Å². The van der Waals surface area contributed by atoms with Crippen molar-refractivity contribution in [3.8, 4) is 22.8 Å². The maximum absolute atomic E-state index is 14.9. The summed E-state index contributed by atoms with van der Waals surface area (Å²) >= 11 is 5.58. The molecule has 24 heteroatoms. The number of hydrogen-bond donors (Lipinski definition) is 2. The lowest BCUT2D eigenvalue weighted by molar-refractivity contribution is -0.190. The first kappa shape index (κ1) is 60.6. The van der Waals surface area contributed by atoms with E-state index in [4.69, 9.17) is 21.6 Å². The van der Waals surface area contributed by atoms with Gasteiger partial charge in [0.05, 0.1) is 0 Å². The molecule has 0 fully saturated rings. The Morgan fingerprint density at radius 3 is 1.23 bits per heavy atom. The second-order valence-corrected chi connectivity index (χ2v) is 18.4. The molecule has 2 atom stereocenters. The zero-order valence-electron chi connectivity index (χ0n) is 40.9. The van der Waals surface area contributed by atoms with E-state index in [2.05, 4.69) is 39.4 Å². The summed E-state index contributed by atoms with van der Waals surface area (Å²) in [7, 11) is -2.32. The highest BCUT2D eigenvalue weighted by atomic mass is 35.5. The van der Waals surface area contributed by atoms with Gasteiger partial charge in [0.25, 0.3) is 0 Å². The molecule has 2 unspecified atom stereocenters. The average Bonchev–Trinajstić information content (AvgIpc) is 3.40. The fraction of sp³-hybridized carbons (Fsp3) is 0.296. The second kappa shape index (κ2) is 25.9. The van der Waals surface area contributed by atoms with Crippen LogP contribution < -0.4 is 14.9 Å². The number of nitrogens with zero attached hydrogens (tertiary/aromatic N) is 2. The molecular formula is C54H44BClF16N2O4. The topological polar surface area (TPSA) is 84.7 Å². The van der Waals surface area contributed by atoms with E-state index in [1.54, 1.807) is 6.20 Å². The van der Waals surface area contributed by atoms with E-state index in [1.807, 2.05) is 6.08 Å². The Balaban J connectivity index is 0.000000206. The highest BCUT2D eigenvalue weighted by Gasteiger charge is 2.43. The SMILES string of the molecule is CCCC1CC=C(c2cnc(-c3cc(F)c(C(F)(F)Oc4cc(F)c(F)c(F)c4)c(F)c3)c(F)c2)CC1.CCCC1CC=C(c2cnc(Cl)c(F)c2)CC1.OB(O)c1cc(F)c(C(F)(F)Oc2cc(F)c(F)c(F)c2)c(F)c1. The molecule has 0 saturated heterocycles. The summed E-state index contributed by atoms with van der Waals surface area (Å²) in [6.07, 6.45) is 8.37. The minimum Gasteiger partial charge on any atom is -0.429 e. The van der Waals surface area contributed by atoms with Crippen LogP contribution in [0.5, 0.6) is 11.5 Å². The summed E-state index contributed by atoms with van der Waals surface area (Å²) in [5, 5.41) is 17.5. The van der Waals surface area contributed by atoms with Crippen LogP contribution in [0.3, 0.4) is 0 Å². The van der Waals surface area contributed by atoms with Gasteiger partial charge in [-0.15, -0.1) is 0 Å². The number of halogens is 17. The number of benzene rings is 4. The van der Waals surface area contributed by atoms with Crippen molar-refractivity contribution in [2.75, 3.05) is 0 Å². The fourth-order valence-corrected chi connectivity index (χ4v) is 8.76. The Labute approximate surface area is 441 Å². The third kappa shape index (κ3) is 15.0. The van der Waals surface area contributed by atoms with Crippen molar-refractivity contribution >= 4 is 35.3 Å².